The Kier molecular flexibility index (Phi) is 5.00. The maximum absolute atomic E-state index is 5.95. The molecule has 94 valence electrons. The Morgan fingerprint density at radius 3 is 3.12 bits per heavy atom. The van der Waals surface area contributed by atoms with E-state index < -0.39 is 0 Å². The van der Waals surface area contributed by atoms with Crippen molar-refractivity contribution < 1.29 is 0 Å². The maximum atomic E-state index is 5.95. The molecule has 0 unspecified atom stereocenters. The summed E-state index contributed by atoms with van der Waals surface area (Å²) in [5.74, 6) is 0.841. The molecule has 0 saturated heterocycles. The number of nitrogens with one attached hydrogen (secondary N) is 2. The number of hydrogen-bond donors (Lipinski definition) is 2. The minimum absolute atomic E-state index is 0.800. The molecule has 6 heteroatoms. The SMILES string of the molecule is CCCCCCNC1=NSc2sc(Cl)cc2N1. The molecule has 1 aliphatic rings. The third-order valence-electron chi connectivity index (χ3n) is 2.46. The number of anilines is 1. The van der Waals surface area contributed by atoms with Crippen molar-refractivity contribution >= 4 is 46.5 Å². The van der Waals surface area contributed by atoms with Crippen molar-refractivity contribution in [1.82, 2.24) is 5.32 Å². The lowest BCUT2D eigenvalue weighted by Gasteiger charge is -2.15. The van der Waals surface area contributed by atoms with E-state index in [4.69, 9.17) is 11.6 Å². The van der Waals surface area contributed by atoms with Crippen LogP contribution in [0.25, 0.3) is 0 Å². The molecule has 1 aromatic heterocycles. The Hall–Kier alpha value is -0.390. The molecule has 0 atom stereocenters. The van der Waals surface area contributed by atoms with Crippen LogP contribution in [0.4, 0.5) is 5.69 Å². The Labute approximate surface area is 115 Å². The van der Waals surface area contributed by atoms with Gasteiger partial charge in [-0.25, -0.2) is 0 Å². The minimum atomic E-state index is 0.800. The van der Waals surface area contributed by atoms with E-state index in [0.29, 0.717) is 0 Å². The summed E-state index contributed by atoms with van der Waals surface area (Å²) in [6, 6.07) is 1.95. The van der Waals surface area contributed by atoms with Crippen molar-refractivity contribution in [3.8, 4) is 0 Å². The zero-order chi connectivity index (χ0) is 12.1. The molecular formula is C11H16ClN3S2. The molecule has 2 rings (SSSR count). The minimum Gasteiger partial charge on any atom is -0.355 e. The molecule has 2 heterocycles. The first-order valence-corrected chi connectivity index (χ1v) is 7.81. The highest BCUT2D eigenvalue weighted by Gasteiger charge is 2.15. The van der Waals surface area contributed by atoms with Crippen molar-refractivity contribution in [2.75, 3.05) is 11.9 Å². The topological polar surface area (TPSA) is 36.4 Å². The highest BCUT2D eigenvalue weighted by Crippen LogP contribution is 2.41. The lowest BCUT2D eigenvalue weighted by atomic mass is 10.2. The molecule has 1 aliphatic heterocycles. The fourth-order valence-corrected chi connectivity index (χ4v) is 3.65. The monoisotopic (exact) mass is 289 g/mol. The first-order chi connectivity index (χ1) is 8.29. The van der Waals surface area contributed by atoms with Crippen molar-refractivity contribution in [2.45, 2.75) is 36.8 Å². The summed E-state index contributed by atoms with van der Waals surface area (Å²) in [5.41, 5.74) is 1.07. The van der Waals surface area contributed by atoms with Gasteiger partial charge in [0.1, 0.15) is 4.21 Å². The quantitative estimate of drug-likeness (QED) is 0.624. The Balaban J connectivity index is 1.75. The largest absolute Gasteiger partial charge is 0.355 e. The van der Waals surface area contributed by atoms with Crippen molar-refractivity contribution in [1.29, 1.82) is 0 Å². The summed E-state index contributed by atoms with van der Waals surface area (Å²) in [6.45, 7) is 3.19. The second-order valence-corrected chi connectivity index (χ2v) is 6.61. The number of unbranched alkanes of at least 4 members (excludes halogenated alkanes) is 3. The predicted octanol–water partition coefficient (Wildman–Crippen LogP) is 4.36. The molecule has 0 amide bonds. The molecule has 0 spiro atoms. The molecule has 3 nitrogen and oxygen atoms in total. The zero-order valence-electron chi connectivity index (χ0n) is 9.75. The lowest BCUT2D eigenvalue weighted by molar-refractivity contribution is 0.654. The number of thiophene rings is 1. The van der Waals surface area contributed by atoms with Crippen molar-refractivity contribution in [3.63, 3.8) is 0 Å². The smallest absolute Gasteiger partial charge is 0.207 e. The van der Waals surface area contributed by atoms with Crippen LogP contribution < -0.4 is 10.6 Å². The standard InChI is InChI=1S/C11H16ClN3S2/c1-2-3-4-5-6-13-11-14-8-7-9(12)16-10(8)17-15-11/h7H,2-6H2,1H3,(H2,13,14,15). The number of hydrogen-bond acceptors (Lipinski definition) is 5. The van der Waals surface area contributed by atoms with E-state index in [0.717, 1.165) is 26.7 Å². The molecule has 17 heavy (non-hydrogen) atoms. The van der Waals surface area contributed by atoms with Crippen LogP contribution >= 0.6 is 34.9 Å². The van der Waals surface area contributed by atoms with Gasteiger partial charge in [-0.15, -0.1) is 11.3 Å². The van der Waals surface area contributed by atoms with Crippen LogP contribution in [-0.4, -0.2) is 12.5 Å². The van der Waals surface area contributed by atoms with Crippen molar-refractivity contribution in [3.05, 3.63) is 10.4 Å². The van der Waals surface area contributed by atoms with E-state index in [-0.39, 0.29) is 0 Å². The van der Waals surface area contributed by atoms with Gasteiger partial charge in [0, 0.05) is 18.5 Å². The van der Waals surface area contributed by atoms with E-state index in [9.17, 15) is 0 Å². The van der Waals surface area contributed by atoms with Crippen molar-refractivity contribution in [2.24, 2.45) is 4.40 Å². The first-order valence-electron chi connectivity index (χ1n) is 5.85. The van der Waals surface area contributed by atoms with Gasteiger partial charge in [-0.2, -0.15) is 4.40 Å². The molecule has 0 aromatic carbocycles. The third-order valence-corrected chi connectivity index (χ3v) is 4.66. The average molecular weight is 290 g/mol. The molecule has 0 saturated carbocycles. The van der Waals surface area contributed by atoms with Crippen LogP contribution in [0.3, 0.4) is 0 Å². The van der Waals surface area contributed by atoms with E-state index in [1.165, 1.54) is 37.6 Å². The van der Waals surface area contributed by atoms with Crippen LogP contribution in [0.2, 0.25) is 4.34 Å². The van der Waals surface area contributed by atoms with E-state index >= 15 is 0 Å². The highest BCUT2D eigenvalue weighted by molar-refractivity contribution is 8.00. The van der Waals surface area contributed by atoms with Gasteiger partial charge < -0.3 is 10.6 Å². The number of guanidine groups is 1. The number of rotatable bonds is 5. The van der Waals surface area contributed by atoms with Gasteiger partial charge in [-0.3, -0.25) is 0 Å². The summed E-state index contributed by atoms with van der Waals surface area (Å²) in [5, 5.41) is 6.56. The zero-order valence-corrected chi connectivity index (χ0v) is 12.1. The Morgan fingerprint density at radius 2 is 2.29 bits per heavy atom. The fourth-order valence-electron chi connectivity index (χ4n) is 1.57. The second kappa shape index (κ2) is 6.52. The van der Waals surface area contributed by atoms with Crippen LogP contribution in [0.5, 0.6) is 0 Å². The van der Waals surface area contributed by atoms with Crippen LogP contribution in [0.15, 0.2) is 14.7 Å². The van der Waals surface area contributed by atoms with Crippen LogP contribution in [0.1, 0.15) is 32.6 Å². The summed E-state index contributed by atoms with van der Waals surface area (Å²) >= 11 is 9.00. The summed E-state index contributed by atoms with van der Waals surface area (Å²) in [4.78, 5) is 0. The van der Waals surface area contributed by atoms with E-state index in [1.807, 2.05) is 6.07 Å². The summed E-state index contributed by atoms with van der Waals surface area (Å²) in [6.07, 6.45) is 5.04. The molecule has 1 aromatic rings. The Bertz CT molecular complexity index is 403. The van der Waals surface area contributed by atoms with E-state index in [2.05, 4.69) is 22.0 Å². The molecule has 0 aliphatic carbocycles. The summed E-state index contributed by atoms with van der Waals surface area (Å²) < 4.78 is 6.30. The maximum Gasteiger partial charge on any atom is 0.207 e. The lowest BCUT2D eigenvalue weighted by Crippen LogP contribution is -2.32. The van der Waals surface area contributed by atoms with Gasteiger partial charge in [0.2, 0.25) is 5.96 Å². The van der Waals surface area contributed by atoms with Gasteiger partial charge in [-0.1, -0.05) is 37.8 Å². The Morgan fingerprint density at radius 1 is 1.41 bits per heavy atom. The second-order valence-electron chi connectivity index (χ2n) is 3.90. The van der Waals surface area contributed by atoms with Gasteiger partial charge in [0.15, 0.2) is 0 Å². The molecular weight excluding hydrogens is 274 g/mol. The van der Waals surface area contributed by atoms with E-state index in [1.54, 1.807) is 11.3 Å². The van der Waals surface area contributed by atoms with Gasteiger partial charge in [0.25, 0.3) is 0 Å². The van der Waals surface area contributed by atoms with Crippen LogP contribution in [0, 0.1) is 0 Å². The predicted molar refractivity (Wildman–Crippen MR) is 78.4 cm³/mol. The first kappa shape index (κ1) is 13.1. The summed E-state index contributed by atoms with van der Waals surface area (Å²) in [7, 11) is 0. The third kappa shape index (κ3) is 3.79. The number of nitrogens with zero attached hydrogens (tertiary/aromatic N) is 1. The average Bonchev–Trinajstić information content (AvgIpc) is 2.68. The molecule has 0 radical (unpaired) electrons. The fraction of sp³-hybridized carbons (Fsp3) is 0.545. The number of fused-ring (bicyclic) bond motifs is 1. The van der Waals surface area contributed by atoms with Gasteiger partial charge >= 0.3 is 0 Å². The van der Waals surface area contributed by atoms with Crippen LogP contribution in [-0.2, 0) is 0 Å². The highest BCUT2D eigenvalue weighted by atomic mass is 35.5. The molecule has 2 N–H and O–H groups in total. The molecule has 0 bridgehead atoms. The van der Waals surface area contributed by atoms with Gasteiger partial charge in [-0.05, 0) is 12.5 Å². The molecule has 0 fully saturated rings. The number of halogens is 1. The van der Waals surface area contributed by atoms with Gasteiger partial charge in [0.05, 0.1) is 10.0 Å². The normalized spacial score (nSPS) is 13.9.